The number of ether oxygens (including phenoxy) is 2. The third-order valence-corrected chi connectivity index (χ3v) is 4.08. The summed E-state index contributed by atoms with van der Waals surface area (Å²) in [6.07, 6.45) is 0. The Morgan fingerprint density at radius 3 is 2.18 bits per heavy atom. The summed E-state index contributed by atoms with van der Waals surface area (Å²) in [4.78, 5) is 23.3. The molecule has 0 fully saturated rings. The molecule has 0 amide bonds. The lowest BCUT2D eigenvalue weighted by Crippen LogP contribution is -2.48. The molecule has 1 aromatic rings. The molecule has 0 bridgehead atoms. The largest absolute Gasteiger partial charge is 0.464 e. The first kappa shape index (κ1) is 18.4. The fraction of sp³-hybridized carbons (Fsp3) is 0.385. The highest BCUT2D eigenvalue weighted by molar-refractivity contribution is 7.89. The SMILES string of the molecule is CCOC(=O)C(NS(=O)(=O)c1cccc(Cl)c1)C(=O)OCC. The molecule has 0 aromatic heterocycles. The molecule has 1 aromatic carbocycles. The van der Waals surface area contributed by atoms with Crippen LogP contribution in [-0.2, 0) is 29.1 Å². The maximum Gasteiger partial charge on any atom is 0.335 e. The van der Waals surface area contributed by atoms with Crippen molar-refractivity contribution in [3.63, 3.8) is 0 Å². The molecular formula is C13H16ClNO6S. The first-order valence-electron chi connectivity index (χ1n) is 6.43. The van der Waals surface area contributed by atoms with Crippen molar-refractivity contribution < 1.29 is 27.5 Å². The maximum atomic E-state index is 12.2. The molecule has 0 unspecified atom stereocenters. The van der Waals surface area contributed by atoms with Crippen molar-refractivity contribution in [2.45, 2.75) is 24.8 Å². The molecule has 9 heteroatoms. The number of hydrogen-bond acceptors (Lipinski definition) is 6. The van der Waals surface area contributed by atoms with Gasteiger partial charge in [-0.25, -0.2) is 18.0 Å². The highest BCUT2D eigenvalue weighted by Gasteiger charge is 2.34. The van der Waals surface area contributed by atoms with Crippen molar-refractivity contribution in [1.82, 2.24) is 4.72 Å². The van der Waals surface area contributed by atoms with Gasteiger partial charge in [0.15, 0.2) is 0 Å². The lowest BCUT2D eigenvalue weighted by molar-refractivity contribution is -0.157. The molecule has 0 aliphatic rings. The number of hydrogen-bond donors (Lipinski definition) is 1. The molecule has 7 nitrogen and oxygen atoms in total. The summed E-state index contributed by atoms with van der Waals surface area (Å²) < 4.78 is 35.8. The Hall–Kier alpha value is -1.64. The van der Waals surface area contributed by atoms with Crippen molar-refractivity contribution >= 4 is 33.6 Å². The van der Waals surface area contributed by atoms with E-state index in [1.807, 2.05) is 4.72 Å². The number of benzene rings is 1. The van der Waals surface area contributed by atoms with Crippen LogP contribution in [0.1, 0.15) is 13.8 Å². The number of halogens is 1. The Kier molecular flexibility index (Phi) is 6.79. The van der Waals surface area contributed by atoms with Crippen LogP contribution in [0.25, 0.3) is 0 Å². The van der Waals surface area contributed by atoms with Gasteiger partial charge < -0.3 is 9.47 Å². The summed E-state index contributed by atoms with van der Waals surface area (Å²) in [5, 5.41) is 0.201. The Balaban J connectivity index is 3.06. The zero-order chi connectivity index (χ0) is 16.8. The normalized spacial score (nSPS) is 11.3. The smallest absolute Gasteiger partial charge is 0.335 e. The fourth-order valence-corrected chi connectivity index (χ4v) is 2.93. The van der Waals surface area contributed by atoms with Crippen LogP contribution >= 0.6 is 11.6 Å². The van der Waals surface area contributed by atoms with E-state index in [1.165, 1.54) is 38.1 Å². The highest BCUT2D eigenvalue weighted by atomic mass is 35.5. The van der Waals surface area contributed by atoms with Gasteiger partial charge in [-0.05, 0) is 32.0 Å². The zero-order valence-corrected chi connectivity index (χ0v) is 13.6. The lowest BCUT2D eigenvalue weighted by Gasteiger charge is -2.16. The molecular weight excluding hydrogens is 334 g/mol. The summed E-state index contributed by atoms with van der Waals surface area (Å²) in [5.41, 5.74) is 0. The molecule has 0 radical (unpaired) electrons. The van der Waals surface area contributed by atoms with Crippen molar-refractivity contribution in [1.29, 1.82) is 0 Å². The summed E-state index contributed by atoms with van der Waals surface area (Å²) in [7, 11) is -4.14. The van der Waals surface area contributed by atoms with E-state index in [2.05, 4.69) is 9.47 Å². The van der Waals surface area contributed by atoms with Crippen LogP contribution in [0, 0.1) is 0 Å². The molecule has 122 valence electrons. The van der Waals surface area contributed by atoms with Gasteiger partial charge in [0.05, 0.1) is 18.1 Å². The maximum absolute atomic E-state index is 12.2. The molecule has 0 spiro atoms. The van der Waals surface area contributed by atoms with Crippen LogP contribution in [0.5, 0.6) is 0 Å². The predicted molar refractivity (Wildman–Crippen MR) is 78.8 cm³/mol. The standard InChI is InChI=1S/C13H16ClNO6S/c1-3-20-12(16)11(13(17)21-4-2)15-22(18,19)10-7-5-6-9(14)8-10/h5-8,11,15H,3-4H2,1-2H3. The van der Waals surface area contributed by atoms with E-state index in [9.17, 15) is 18.0 Å². The van der Waals surface area contributed by atoms with Crippen LogP contribution in [-0.4, -0.2) is 39.6 Å². The molecule has 0 heterocycles. The van der Waals surface area contributed by atoms with Gasteiger partial charge in [-0.15, -0.1) is 0 Å². The second-order valence-electron chi connectivity index (χ2n) is 4.02. The van der Waals surface area contributed by atoms with Gasteiger partial charge in [0.2, 0.25) is 16.1 Å². The van der Waals surface area contributed by atoms with E-state index in [0.29, 0.717) is 0 Å². The van der Waals surface area contributed by atoms with E-state index >= 15 is 0 Å². The minimum atomic E-state index is -4.14. The van der Waals surface area contributed by atoms with Gasteiger partial charge in [-0.3, -0.25) is 0 Å². The number of sulfonamides is 1. The second kappa shape index (κ2) is 8.11. The van der Waals surface area contributed by atoms with Crippen LogP contribution in [0.3, 0.4) is 0 Å². The van der Waals surface area contributed by atoms with E-state index in [4.69, 9.17) is 11.6 Å². The molecule has 0 atom stereocenters. The quantitative estimate of drug-likeness (QED) is 0.585. The van der Waals surface area contributed by atoms with Gasteiger partial charge in [0, 0.05) is 5.02 Å². The van der Waals surface area contributed by atoms with E-state index in [0.717, 1.165) is 0 Å². The molecule has 1 N–H and O–H groups in total. The topological polar surface area (TPSA) is 98.8 Å². The van der Waals surface area contributed by atoms with Gasteiger partial charge in [0.25, 0.3) is 0 Å². The lowest BCUT2D eigenvalue weighted by atomic mass is 10.3. The zero-order valence-electron chi connectivity index (χ0n) is 12.0. The summed E-state index contributed by atoms with van der Waals surface area (Å²) in [6, 6.07) is 3.62. The average molecular weight is 350 g/mol. The van der Waals surface area contributed by atoms with Crippen LogP contribution < -0.4 is 4.72 Å². The first-order chi connectivity index (χ1) is 10.3. The average Bonchev–Trinajstić information content (AvgIpc) is 2.45. The minimum Gasteiger partial charge on any atom is -0.464 e. The highest BCUT2D eigenvalue weighted by Crippen LogP contribution is 2.16. The van der Waals surface area contributed by atoms with E-state index < -0.39 is 28.0 Å². The number of carbonyl (C=O) groups is 2. The molecule has 0 aliphatic heterocycles. The van der Waals surface area contributed by atoms with E-state index in [-0.39, 0.29) is 23.1 Å². The van der Waals surface area contributed by atoms with Crippen LogP contribution in [0.15, 0.2) is 29.2 Å². The molecule has 22 heavy (non-hydrogen) atoms. The fourth-order valence-electron chi connectivity index (χ4n) is 1.50. The molecule has 0 aliphatic carbocycles. The monoisotopic (exact) mass is 349 g/mol. The van der Waals surface area contributed by atoms with Crippen LogP contribution in [0.2, 0.25) is 5.02 Å². The summed E-state index contributed by atoms with van der Waals surface area (Å²) >= 11 is 5.74. The van der Waals surface area contributed by atoms with Crippen molar-refractivity contribution in [3.05, 3.63) is 29.3 Å². The summed E-state index contributed by atoms with van der Waals surface area (Å²) in [5.74, 6) is -2.07. The van der Waals surface area contributed by atoms with Crippen molar-refractivity contribution in [2.75, 3.05) is 13.2 Å². The second-order valence-corrected chi connectivity index (χ2v) is 6.17. The Labute approximate surface area is 133 Å². The number of rotatable bonds is 7. The molecule has 1 rings (SSSR count). The van der Waals surface area contributed by atoms with Gasteiger partial charge in [-0.1, -0.05) is 17.7 Å². The first-order valence-corrected chi connectivity index (χ1v) is 8.29. The Morgan fingerprint density at radius 1 is 1.18 bits per heavy atom. The summed E-state index contributed by atoms with van der Waals surface area (Å²) in [6.45, 7) is 3.05. The number of esters is 2. The molecule has 0 saturated carbocycles. The third kappa shape index (κ3) is 4.97. The predicted octanol–water partition coefficient (Wildman–Crippen LogP) is 1.11. The number of nitrogens with one attached hydrogen (secondary N) is 1. The van der Waals surface area contributed by atoms with Gasteiger partial charge >= 0.3 is 11.9 Å². The molecule has 0 saturated heterocycles. The van der Waals surface area contributed by atoms with Crippen LogP contribution in [0.4, 0.5) is 0 Å². The Bertz CT molecular complexity index is 628. The minimum absolute atomic E-state index is 0.00632. The van der Waals surface area contributed by atoms with Gasteiger partial charge in [0.1, 0.15) is 0 Å². The number of carbonyl (C=O) groups excluding carboxylic acids is 2. The van der Waals surface area contributed by atoms with Gasteiger partial charge in [-0.2, -0.15) is 4.72 Å². The van der Waals surface area contributed by atoms with Crippen molar-refractivity contribution in [3.8, 4) is 0 Å². The third-order valence-electron chi connectivity index (χ3n) is 2.42. The van der Waals surface area contributed by atoms with E-state index in [1.54, 1.807) is 0 Å². The van der Waals surface area contributed by atoms with Crippen molar-refractivity contribution in [2.24, 2.45) is 0 Å². The Morgan fingerprint density at radius 2 is 1.73 bits per heavy atom.